The predicted molar refractivity (Wildman–Crippen MR) is 108 cm³/mol. The number of amides is 1. The highest BCUT2D eigenvalue weighted by molar-refractivity contribution is 7.92. The molecule has 1 fully saturated rings. The number of nitrogens with zero attached hydrogens (tertiary/aromatic N) is 2. The average Bonchev–Trinajstić information content (AvgIpc) is 2.69. The number of nitrogens with one attached hydrogen (secondary N) is 1. The summed E-state index contributed by atoms with van der Waals surface area (Å²) in [6, 6.07) is 4.88. The van der Waals surface area contributed by atoms with Crippen molar-refractivity contribution in [1.82, 2.24) is 10.2 Å². The van der Waals surface area contributed by atoms with Gasteiger partial charge in [-0.05, 0) is 51.0 Å². The van der Waals surface area contributed by atoms with Crippen molar-refractivity contribution in [2.75, 3.05) is 56.5 Å². The van der Waals surface area contributed by atoms with E-state index in [9.17, 15) is 13.2 Å². The second-order valence-electron chi connectivity index (χ2n) is 7.20. The fourth-order valence-corrected chi connectivity index (χ4v) is 4.34. The van der Waals surface area contributed by atoms with E-state index in [0.717, 1.165) is 36.6 Å². The molecule has 0 bridgehead atoms. The molecule has 1 amide bonds. The second-order valence-corrected chi connectivity index (χ2v) is 9.11. The molecule has 0 atom stereocenters. The molecule has 8 nitrogen and oxygen atoms in total. The minimum atomic E-state index is -3.62. The number of anilines is 1. The van der Waals surface area contributed by atoms with Gasteiger partial charge in [-0.1, -0.05) is 6.42 Å². The third kappa shape index (κ3) is 5.75. The molecule has 0 radical (unpaired) electrons. The summed E-state index contributed by atoms with van der Waals surface area (Å²) < 4.78 is 36.5. The summed E-state index contributed by atoms with van der Waals surface area (Å²) in [5, 5.41) is 2.83. The van der Waals surface area contributed by atoms with Crippen molar-refractivity contribution in [3.05, 3.63) is 18.2 Å². The van der Waals surface area contributed by atoms with Crippen molar-refractivity contribution in [1.29, 1.82) is 0 Å². The Labute approximate surface area is 166 Å². The van der Waals surface area contributed by atoms with Gasteiger partial charge in [0.1, 0.15) is 19.8 Å². The molecule has 1 N–H and O–H groups in total. The van der Waals surface area contributed by atoms with E-state index in [4.69, 9.17) is 9.47 Å². The minimum absolute atomic E-state index is 0.262. The molecule has 0 spiro atoms. The van der Waals surface area contributed by atoms with Crippen LogP contribution < -0.4 is 19.1 Å². The summed E-state index contributed by atoms with van der Waals surface area (Å²) in [7, 11) is -3.62. The zero-order valence-electron chi connectivity index (χ0n) is 16.4. The summed E-state index contributed by atoms with van der Waals surface area (Å²) in [6.45, 7) is 4.35. The molecule has 1 saturated heterocycles. The van der Waals surface area contributed by atoms with Crippen LogP contribution in [0, 0.1) is 0 Å². The zero-order chi connectivity index (χ0) is 20.0. The van der Waals surface area contributed by atoms with Gasteiger partial charge in [-0.3, -0.25) is 9.10 Å². The molecular weight excluding hydrogens is 382 g/mol. The number of likely N-dealkylation sites (tertiary alicyclic amines) is 1. The number of carbonyl (C=O) groups is 1. The van der Waals surface area contributed by atoms with Crippen LogP contribution in [0.1, 0.15) is 25.7 Å². The molecular formula is C19H29N3O5S. The third-order valence-electron chi connectivity index (χ3n) is 4.92. The Bertz CT molecular complexity index is 778. The fraction of sp³-hybridized carbons (Fsp3) is 0.632. The summed E-state index contributed by atoms with van der Waals surface area (Å²) in [5.74, 6) is 0.740. The van der Waals surface area contributed by atoms with Gasteiger partial charge in [-0.2, -0.15) is 0 Å². The number of rotatable bonds is 8. The van der Waals surface area contributed by atoms with Crippen molar-refractivity contribution >= 4 is 21.6 Å². The van der Waals surface area contributed by atoms with E-state index in [1.54, 1.807) is 18.2 Å². The van der Waals surface area contributed by atoms with Crippen molar-refractivity contribution in [2.24, 2.45) is 0 Å². The van der Waals surface area contributed by atoms with Crippen molar-refractivity contribution in [3.8, 4) is 11.5 Å². The Morgan fingerprint density at radius 3 is 2.57 bits per heavy atom. The number of hydrogen-bond donors (Lipinski definition) is 1. The molecule has 156 valence electrons. The van der Waals surface area contributed by atoms with E-state index in [-0.39, 0.29) is 12.5 Å². The monoisotopic (exact) mass is 411 g/mol. The predicted octanol–water partition coefficient (Wildman–Crippen LogP) is 1.22. The number of hydrogen-bond acceptors (Lipinski definition) is 6. The van der Waals surface area contributed by atoms with Crippen molar-refractivity contribution in [2.45, 2.75) is 25.7 Å². The van der Waals surface area contributed by atoms with Gasteiger partial charge in [0, 0.05) is 12.6 Å². The largest absolute Gasteiger partial charge is 0.486 e. The number of carbonyl (C=O) groups excluding carboxylic acids is 1. The van der Waals surface area contributed by atoms with Gasteiger partial charge in [0.2, 0.25) is 15.9 Å². The first-order valence-electron chi connectivity index (χ1n) is 9.80. The Morgan fingerprint density at radius 1 is 1.14 bits per heavy atom. The quantitative estimate of drug-likeness (QED) is 0.647. The van der Waals surface area contributed by atoms with Gasteiger partial charge in [0.15, 0.2) is 11.5 Å². The number of piperidine rings is 1. The van der Waals surface area contributed by atoms with Crippen LogP contribution in [-0.4, -0.2) is 71.4 Å². The smallest absolute Gasteiger partial charge is 0.240 e. The number of benzene rings is 1. The first kappa shape index (κ1) is 20.7. The van der Waals surface area contributed by atoms with Crippen molar-refractivity contribution in [3.63, 3.8) is 0 Å². The van der Waals surface area contributed by atoms with E-state index in [0.29, 0.717) is 36.9 Å². The van der Waals surface area contributed by atoms with E-state index >= 15 is 0 Å². The van der Waals surface area contributed by atoms with Crippen molar-refractivity contribution < 1.29 is 22.7 Å². The molecule has 3 rings (SSSR count). The van der Waals surface area contributed by atoms with Gasteiger partial charge in [-0.25, -0.2) is 8.42 Å². The highest BCUT2D eigenvalue weighted by Crippen LogP contribution is 2.34. The van der Waals surface area contributed by atoms with Gasteiger partial charge >= 0.3 is 0 Å². The summed E-state index contributed by atoms with van der Waals surface area (Å²) in [6.07, 6.45) is 5.73. The summed E-state index contributed by atoms with van der Waals surface area (Å²) >= 11 is 0. The van der Waals surface area contributed by atoms with E-state index in [2.05, 4.69) is 10.2 Å². The van der Waals surface area contributed by atoms with E-state index < -0.39 is 10.0 Å². The molecule has 28 heavy (non-hydrogen) atoms. The van der Waals surface area contributed by atoms with Crippen LogP contribution in [0.5, 0.6) is 11.5 Å². The van der Waals surface area contributed by atoms with Gasteiger partial charge < -0.3 is 19.7 Å². The topological polar surface area (TPSA) is 88.2 Å². The lowest BCUT2D eigenvalue weighted by Gasteiger charge is -2.26. The first-order valence-corrected chi connectivity index (χ1v) is 11.6. The lowest BCUT2D eigenvalue weighted by Crippen LogP contribution is -2.41. The Kier molecular flexibility index (Phi) is 7.01. The third-order valence-corrected chi connectivity index (χ3v) is 6.06. The van der Waals surface area contributed by atoms with E-state index in [1.807, 2.05) is 0 Å². The molecule has 1 aromatic rings. The van der Waals surface area contributed by atoms with Gasteiger partial charge in [0.05, 0.1) is 11.9 Å². The minimum Gasteiger partial charge on any atom is -0.486 e. The zero-order valence-corrected chi connectivity index (χ0v) is 17.2. The molecule has 0 aliphatic carbocycles. The van der Waals surface area contributed by atoms with Gasteiger partial charge in [0.25, 0.3) is 0 Å². The first-order chi connectivity index (χ1) is 13.4. The standard InChI is InChI=1S/C19H29N3O5S/c1-28(24,25)22(16-6-7-17-18(14-16)27-13-12-26-17)15-19(23)20-8-5-11-21-9-3-2-4-10-21/h6-7,14H,2-5,8-13,15H2,1H3,(H,20,23). The molecule has 1 aromatic carbocycles. The Hall–Kier alpha value is -2.00. The number of ether oxygens (including phenoxy) is 2. The van der Waals surface area contributed by atoms with Crippen LogP contribution in [0.4, 0.5) is 5.69 Å². The highest BCUT2D eigenvalue weighted by atomic mass is 32.2. The lowest BCUT2D eigenvalue weighted by molar-refractivity contribution is -0.119. The van der Waals surface area contributed by atoms with Crippen LogP contribution in [0.2, 0.25) is 0 Å². The summed E-state index contributed by atoms with van der Waals surface area (Å²) in [4.78, 5) is 14.7. The molecule has 2 heterocycles. The lowest BCUT2D eigenvalue weighted by atomic mass is 10.1. The normalized spacial score (nSPS) is 17.2. The molecule has 0 saturated carbocycles. The fourth-order valence-electron chi connectivity index (χ4n) is 3.49. The van der Waals surface area contributed by atoms with Crippen LogP contribution in [-0.2, 0) is 14.8 Å². The SMILES string of the molecule is CS(=O)(=O)N(CC(=O)NCCCN1CCCCC1)c1ccc2c(c1)OCCO2. The van der Waals surface area contributed by atoms with Gasteiger partial charge in [-0.15, -0.1) is 0 Å². The van der Waals surface area contributed by atoms with Crippen LogP contribution in [0.25, 0.3) is 0 Å². The Balaban J connectivity index is 1.54. The van der Waals surface area contributed by atoms with E-state index in [1.165, 1.54) is 19.3 Å². The molecule has 2 aliphatic heterocycles. The van der Waals surface area contributed by atoms with Crippen LogP contribution in [0.15, 0.2) is 18.2 Å². The number of fused-ring (bicyclic) bond motifs is 1. The number of sulfonamides is 1. The van der Waals surface area contributed by atoms with Crippen LogP contribution in [0.3, 0.4) is 0 Å². The maximum atomic E-state index is 12.3. The maximum Gasteiger partial charge on any atom is 0.240 e. The average molecular weight is 412 g/mol. The second kappa shape index (κ2) is 9.47. The maximum absolute atomic E-state index is 12.3. The molecule has 0 unspecified atom stereocenters. The highest BCUT2D eigenvalue weighted by Gasteiger charge is 2.23. The molecule has 2 aliphatic rings. The van der Waals surface area contributed by atoms with Crippen LogP contribution >= 0.6 is 0 Å². The Morgan fingerprint density at radius 2 is 1.86 bits per heavy atom. The molecule has 9 heteroatoms. The summed E-state index contributed by atoms with van der Waals surface area (Å²) in [5.41, 5.74) is 0.384. The molecule has 0 aromatic heterocycles.